The Hall–Kier alpha value is -1.18. The van der Waals surface area contributed by atoms with Gasteiger partial charge in [-0.15, -0.1) is 0 Å². The molecule has 0 saturated carbocycles. The second-order valence-electron chi connectivity index (χ2n) is 1.69. The Bertz CT molecular complexity index is 211. The highest BCUT2D eigenvalue weighted by Gasteiger charge is 2.03. The van der Waals surface area contributed by atoms with Crippen molar-refractivity contribution in [3.63, 3.8) is 0 Å². The van der Waals surface area contributed by atoms with E-state index >= 15 is 0 Å². The van der Waals surface area contributed by atoms with E-state index in [4.69, 9.17) is 0 Å². The summed E-state index contributed by atoms with van der Waals surface area (Å²) in [5, 5.41) is 0. The van der Waals surface area contributed by atoms with Crippen LogP contribution in [0, 0.1) is 0 Å². The molecule has 0 aromatic heterocycles. The average molecular weight is 121 g/mol. The Kier molecular flexibility index (Phi) is 1.58. The number of amides is 1. The van der Waals surface area contributed by atoms with E-state index in [0.717, 1.165) is 0 Å². The van der Waals surface area contributed by atoms with E-state index < -0.39 is 0 Å². The van der Waals surface area contributed by atoms with Gasteiger partial charge in [0.2, 0.25) is 0 Å². The van der Waals surface area contributed by atoms with Gasteiger partial charge in [0.25, 0.3) is 5.91 Å². The maximum Gasteiger partial charge on any atom is 0.276 e. The molecule has 0 aromatic carbocycles. The zero-order valence-electron chi connectivity index (χ0n) is 5.16. The van der Waals surface area contributed by atoms with E-state index in [1.54, 1.807) is 18.2 Å². The van der Waals surface area contributed by atoms with Crippen molar-refractivity contribution in [3.8, 4) is 0 Å². The Morgan fingerprint density at radius 2 is 2.44 bits per heavy atom. The molecule has 9 heavy (non-hydrogen) atoms. The first kappa shape index (κ1) is 5.95. The van der Waals surface area contributed by atoms with Gasteiger partial charge < -0.3 is 0 Å². The van der Waals surface area contributed by atoms with Crippen molar-refractivity contribution in [3.05, 3.63) is 23.8 Å². The third kappa shape index (κ3) is 1.13. The minimum Gasteiger partial charge on any atom is -0.267 e. The smallest absolute Gasteiger partial charge is 0.267 e. The second kappa shape index (κ2) is 2.40. The summed E-state index contributed by atoms with van der Waals surface area (Å²) in [6.07, 6.45) is 6.73. The number of nitrogens with zero attached hydrogens (tertiary/aromatic N) is 1. The first-order valence-electron chi connectivity index (χ1n) is 2.76. The molecule has 0 unspecified atom stereocenters. The molecule has 0 saturated heterocycles. The van der Waals surface area contributed by atoms with Gasteiger partial charge in [0.15, 0.2) is 0 Å². The number of hydrogen-bond donors (Lipinski definition) is 0. The van der Waals surface area contributed by atoms with Gasteiger partial charge in [-0.3, -0.25) is 4.79 Å². The van der Waals surface area contributed by atoms with Gasteiger partial charge in [0, 0.05) is 11.8 Å². The summed E-state index contributed by atoms with van der Waals surface area (Å²) < 4.78 is 0. The van der Waals surface area contributed by atoms with E-state index in [0.29, 0.717) is 5.57 Å². The Labute approximate surface area is 53.6 Å². The van der Waals surface area contributed by atoms with Crippen molar-refractivity contribution in [1.29, 1.82) is 0 Å². The van der Waals surface area contributed by atoms with Crippen LogP contribution in [0.25, 0.3) is 0 Å². The molecule has 1 heterocycles. The lowest BCUT2D eigenvalue weighted by Crippen LogP contribution is -1.99. The fraction of sp³-hybridized carbons (Fsp3) is 0.143. The van der Waals surface area contributed by atoms with Crippen LogP contribution in [0.2, 0.25) is 0 Å². The summed E-state index contributed by atoms with van der Waals surface area (Å²) in [5.74, 6) is -0.153. The predicted octanol–water partition coefficient (Wildman–Crippen LogP) is 1.10. The number of carbonyl (C=O) groups excluding carboxylic acids is 1. The Balaban J connectivity index is 2.91. The Morgan fingerprint density at radius 1 is 1.67 bits per heavy atom. The molecular formula is C7H7NO. The van der Waals surface area contributed by atoms with E-state index in [9.17, 15) is 4.79 Å². The van der Waals surface area contributed by atoms with Crippen molar-refractivity contribution < 1.29 is 4.79 Å². The van der Waals surface area contributed by atoms with Crippen LogP contribution in [0.5, 0.6) is 0 Å². The largest absolute Gasteiger partial charge is 0.276 e. The quantitative estimate of drug-likeness (QED) is 0.441. The predicted molar refractivity (Wildman–Crippen MR) is 36.4 cm³/mol. The SMILES string of the molecule is CC=C1C=CC=NC1=O. The van der Waals surface area contributed by atoms with Crippen LogP contribution in [-0.2, 0) is 4.79 Å². The van der Waals surface area contributed by atoms with Gasteiger partial charge in [0.05, 0.1) is 0 Å². The molecule has 1 amide bonds. The van der Waals surface area contributed by atoms with Crippen molar-refractivity contribution in [2.45, 2.75) is 6.92 Å². The van der Waals surface area contributed by atoms with Crippen LogP contribution in [0.15, 0.2) is 28.8 Å². The normalized spacial score (nSPS) is 21.4. The molecule has 0 fully saturated rings. The van der Waals surface area contributed by atoms with E-state index in [1.165, 1.54) is 6.21 Å². The van der Waals surface area contributed by atoms with Gasteiger partial charge in [-0.1, -0.05) is 6.08 Å². The highest BCUT2D eigenvalue weighted by Crippen LogP contribution is 2.02. The van der Waals surface area contributed by atoms with E-state index in [-0.39, 0.29) is 5.91 Å². The van der Waals surface area contributed by atoms with Crippen molar-refractivity contribution >= 4 is 12.1 Å². The Morgan fingerprint density at radius 3 is 2.89 bits per heavy atom. The fourth-order valence-electron chi connectivity index (χ4n) is 0.623. The molecule has 1 aliphatic heterocycles. The number of hydrogen-bond acceptors (Lipinski definition) is 1. The van der Waals surface area contributed by atoms with Crippen molar-refractivity contribution in [2.24, 2.45) is 4.99 Å². The molecular weight excluding hydrogens is 114 g/mol. The van der Waals surface area contributed by atoms with E-state index in [2.05, 4.69) is 4.99 Å². The monoisotopic (exact) mass is 121 g/mol. The molecule has 46 valence electrons. The van der Waals surface area contributed by atoms with E-state index in [1.807, 2.05) is 6.92 Å². The van der Waals surface area contributed by atoms with Crippen molar-refractivity contribution in [2.75, 3.05) is 0 Å². The lowest BCUT2D eigenvalue weighted by Gasteiger charge is -1.95. The highest BCUT2D eigenvalue weighted by molar-refractivity contribution is 6.05. The average Bonchev–Trinajstić information content (AvgIpc) is 1.89. The molecule has 0 atom stereocenters. The van der Waals surface area contributed by atoms with Gasteiger partial charge in [-0.2, -0.15) is 0 Å². The topological polar surface area (TPSA) is 29.4 Å². The summed E-state index contributed by atoms with van der Waals surface area (Å²) in [6.45, 7) is 1.82. The maximum absolute atomic E-state index is 10.7. The van der Waals surface area contributed by atoms with Crippen LogP contribution in [0.1, 0.15) is 6.92 Å². The molecule has 2 nitrogen and oxygen atoms in total. The summed E-state index contributed by atoms with van der Waals surface area (Å²) in [7, 11) is 0. The summed E-state index contributed by atoms with van der Waals surface area (Å²) in [4.78, 5) is 14.3. The van der Waals surface area contributed by atoms with Crippen LogP contribution in [0.4, 0.5) is 0 Å². The molecule has 2 heteroatoms. The first-order chi connectivity index (χ1) is 4.34. The number of carbonyl (C=O) groups is 1. The maximum atomic E-state index is 10.7. The molecule has 1 rings (SSSR count). The van der Waals surface area contributed by atoms with Gasteiger partial charge in [0.1, 0.15) is 0 Å². The number of rotatable bonds is 0. The van der Waals surface area contributed by atoms with Crippen LogP contribution in [0.3, 0.4) is 0 Å². The summed E-state index contributed by atoms with van der Waals surface area (Å²) >= 11 is 0. The molecule has 0 radical (unpaired) electrons. The molecule has 0 aromatic rings. The second-order valence-corrected chi connectivity index (χ2v) is 1.69. The molecule has 0 N–H and O–H groups in total. The van der Waals surface area contributed by atoms with Gasteiger partial charge in [-0.25, -0.2) is 4.99 Å². The van der Waals surface area contributed by atoms with Crippen LogP contribution < -0.4 is 0 Å². The minimum absolute atomic E-state index is 0.153. The molecule has 1 aliphatic rings. The van der Waals surface area contributed by atoms with Crippen LogP contribution in [-0.4, -0.2) is 12.1 Å². The first-order valence-corrected chi connectivity index (χ1v) is 2.76. The fourth-order valence-corrected chi connectivity index (χ4v) is 0.623. The third-order valence-electron chi connectivity index (χ3n) is 1.11. The highest BCUT2D eigenvalue weighted by atomic mass is 16.1. The minimum atomic E-state index is -0.153. The lowest BCUT2D eigenvalue weighted by molar-refractivity contribution is -0.114. The molecule has 0 bridgehead atoms. The summed E-state index contributed by atoms with van der Waals surface area (Å²) in [5.41, 5.74) is 0.664. The number of aliphatic imine (C=N–C) groups is 1. The molecule has 0 aliphatic carbocycles. The zero-order valence-corrected chi connectivity index (χ0v) is 5.16. The third-order valence-corrected chi connectivity index (χ3v) is 1.11. The number of dihydropyridines is 1. The van der Waals surface area contributed by atoms with Crippen LogP contribution >= 0.6 is 0 Å². The zero-order chi connectivity index (χ0) is 6.69. The number of allylic oxidation sites excluding steroid dienone is 2. The molecule has 0 spiro atoms. The van der Waals surface area contributed by atoms with Gasteiger partial charge >= 0.3 is 0 Å². The summed E-state index contributed by atoms with van der Waals surface area (Å²) in [6, 6.07) is 0. The standard InChI is InChI=1S/C7H7NO/c1-2-6-4-3-5-8-7(6)9/h2-5H,1H3. The van der Waals surface area contributed by atoms with Gasteiger partial charge in [-0.05, 0) is 19.1 Å². The van der Waals surface area contributed by atoms with Crippen molar-refractivity contribution in [1.82, 2.24) is 0 Å². The lowest BCUT2D eigenvalue weighted by atomic mass is 10.2.